The Morgan fingerprint density at radius 2 is 1.97 bits per heavy atom. The van der Waals surface area contributed by atoms with Crippen LogP contribution in [0.4, 0.5) is 5.69 Å². The number of pyridine rings is 1. The van der Waals surface area contributed by atoms with Crippen LogP contribution in [0.15, 0.2) is 22.9 Å². The first-order chi connectivity index (χ1) is 14.2. The lowest BCUT2D eigenvalue weighted by molar-refractivity contribution is -0.136. The van der Waals surface area contributed by atoms with Crippen molar-refractivity contribution in [2.45, 2.75) is 26.2 Å². The van der Waals surface area contributed by atoms with Gasteiger partial charge in [0.25, 0.3) is 0 Å². The summed E-state index contributed by atoms with van der Waals surface area (Å²) < 4.78 is 5.02. The van der Waals surface area contributed by atoms with Crippen molar-refractivity contribution in [1.29, 1.82) is 0 Å². The zero-order valence-electron chi connectivity index (χ0n) is 17.0. The first-order valence-corrected chi connectivity index (χ1v) is 10.7. The Balaban J connectivity index is 1.15. The molecule has 1 unspecified atom stereocenters. The van der Waals surface area contributed by atoms with Gasteiger partial charge in [0.15, 0.2) is 0 Å². The van der Waals surface area contributed by atoms with Crippen LogP contribution in [-0.2, 0) is 4.79 Å². The number of carbonyl (C=O) groups is 1. The summed E-state index contributed by atoms with van der Waals surface area (Å²) in [5, 5.41) is 3.91. The Labute approximate surface area is 170 Å². The molecule has 154 valence electrons. The Bertz CT molecular complexity index is 854. The quantitative estimate of drug-likeness (QED) is 0.763. The predicted octanol–water partition coefficient (Wildman–Crippen LogP) is 1.82. The number of aryl methyl sites for hydroxylation is 1. The second kappa shape index (κ2) is 7.74. The van der Waals surface area contributed by atoms with E-state index in [0.29, 0.717) is 23.3 Å². The maximum absolute atomic E-state index is 13.0. The Morgan fingerprint density at radius 1 is 1.14 bits per heavy atom. The first kappa shape index (κ1) is 18.5. The fourth-order valence-corrected chi connectivity index (χ4v) is 4.38. The number of aromatic nitrogens is 3. The third-order valence-corrected chi connectivity index (χ3v) is 6.30. The van der Waals surface area contributed by atoms with Crippen molar-refractivity contribution in [2.24, 2.45) is 11.8 Å². The second-order valence-electron chi connectivity index (χ2n) is 8.54. The van der Waals surface area contributed by atoms with Crippen molar-refractivity contribution < 1.29 is 9.32 Å². The minimum atomic E-state index is 0.0875. The SMILES string of the molecule is Cc1nc(-c2ccc(N3CCC(C(=O)N4CCN(CC5CC5)CC4)C3)cn2)no1. The molecule has 8 heteroatoms. The van der Waals surface area contributed by atoms with Gasteiger partial charge in [0.05, 0.1) is 17.8 Å². The molecule has 3 aliphatic rings. The highest BCUT2D eigenvalue weighted by molar-refractivity contribution is 5.80. The minimum Gasteiger partial charge on any atom is -0.369 e. The van der Waals surface area contributed by atoms with Gasteiger partial charge in [-0.05, 0) is 37.3 Å². The maximum Gasteiger partial charge on any atom is 0.227 e. The van der Waals surface area contributed by atoms with E-state index in [1.54, 1.807) is 6.92 Å². The smallest absolute Gasteiger partial charge is 0.227 e. The third kappa shape index (κ3) is 4.12. The average molecular weight is 396 g/mol. The Kier molecular flexibility index (Phi) is 4.95. The molecule has 0 aromatic carbocycles. The van der Waals surface area contributed by atoms with E-state index in [-0.39, 0.29) is 5.92 Å². The van der Waals surface area contributed by atoms with E-state index in [2.05, 4.69) is 29.8 Å². The highest BCUT2D eigenvalue weighted by atomic mass is 16.5. The molecule has 2 aromatic heterocycles. The molecule has 0 radical (unpaired) electrons. The topological polar surface area (TPSA) is 78.6 Å². The summed E-state index contributed by atoms with van der Waals surface area (Å²) in [5.74, 6) is 2.36. The van der Waals surface area contributed by atoms with Crippen LogP contribution in [0.3, 0.4) is 0 Å². The first-order valence-electron chi connectivity index (χ1n) is 10.7. The van der Waals surface area contributed by atoms with Crippen LogP contribution in [0.2, 0.25) is 0 Å². The number of piperazine rings is 1. The Hall–Kier alpha value is -2.48. The molecule has 2 saturated heterocycles. The van der Waals surface area contributed by atoms with Gasteiger partial charge in [0, 0.05) is 52.7 Å². The molecule has 2 aromatic rings. The van der Waals surface area contributed by atoms with E-state index < -0.39 is 0 Å². The molecule has 1 aliphatic carbocycles. The highest BCUT2D eigenvalue weighted by Gasteiger charge is 2.34. The molecule has 5 rings (SSSR count). The van der Waals surface area contributed by atoms with Gasteiger partial charge < -0.3 is 14.3 Å². The number of hydrogen-bond acceptors (Lipinski definition) is 7. The molecular weight excluding hydrogens is 368 g/mol. The van der Waals surface area contributed by atoms with Crippen molar-refractivity contribution >= 4 is 11.6 Å². The molecule has 1 atom stereocenters. The van der Waals surface area contributed by atoms with Crippen LogP contribution in [0, 0.1) is 18.8 Å². The van der Waals surface area contributed by atoms with Crippen molar-refractivity contribution in [1.82, 2.24) is 24.9 Å². The van der Waals surface area contributed by atoms with Gasteiger partial charge in [-0.15, -0.1) is 0 Å². The van der Waals surface area contributed by atoms with Gasteiger partial charge in [-0.1, -0.05) is 5.16 Å². The summed E-state index contributed by atoms with van der Waals surface area (Å²) in [7, 11) is 0. The van der Waals surface area contributed by atoms with Gasteiger partial charge >= 0.3 is 0 Å². The molecule has 1 saturated carbocycles. The monoisotopic (exact) mass is 396 g/mol. The normalized spacial score (nSPS) is 23.0. The molecule has 8 nitrogen and oxygen atoms in total. The molecule has 0 N–H and O–H groups in total. The number of rotatable bonds is 5. The molecule has 4 heterocycles. The lowest BCUT2D eigenvalue weighted by Gasteiger charge is -2.36. The minimum absolute atomic E-state index is 0.0875. The zero-order chi connectivity index (χ0) is 19.8. The van der Waals surface area contributed by atoms with Crippen LogP contribution < -0.4 is 4.90 Å². The van der Waals surface area contributed by atoms with Crippen LogP contribution >= 0.6 is 0 Å². The second-order valence-corrected chi connectivity index (χ2v) is 8.54. The summed E-state index contributed by atoms with van der Waals surface area (Å²) in [5.41, 5.74) is 1.74. The number of nitrogens with zero attached hydrogens (tertiary/aromatic N) is 6. The molecule has 2 aliphatic heterocycles. The third-order valence-electron chi connectivity index (χ3n) is 6.30. The predicted molar refractivity (Wildman–Crippen MR) is 108 cm³/mol. The highest BCUT2D eigenvalue weighted by Crippen LogP contribution is 2.30. The van der Waals surface area contributed by atoms with Crippen LogP contribution in [-0.4, -0.2) is 76.6 Å². The van der Waals surface area contributed by atoms with Gasteiger partial charge in [-0.25, -0.2) is 0 Å². The summed E-state index contributed by atoms with van der Waals surface area (Å²) in [6, 6.07) is 3.94. The fourth-order valence-electron chi connectivity index (χ4n) is 4.38. The van der Waals surface area contributed by atoms with Crippen molar-refractivity contribution in [3.8, 4) is 11.5 Å². The summed E-state index contributed by atoms with van der Waals surface area (Å²) in [6.45, 7) is 8.46. The average Bonchev–Trinajstić information content (AvgIpc) is 3.24. The van der Waals surface area contributed by atoms with Gasteiger partial charge in [0.1, 0.15) is 5.69 Å². The largest absolute Gasteiger partial charge is 0.369 e. The Morgan fingerprint density at radius 3 is 2.62 bits per heavy atom. The molecule has 0 bridgehead atoms. The van der Waals surface area contributed by atoms with Gasteiger partial charge in [-0.2, -0.15) is 4.98 Å². The summed E-state index contributed by atoms with van der Waals surface area (Å²) >= 11 is 0. The molecule has 0 spiro atoms. The molecule has 1 amide bonds. The van der Waals surface area contributed by atoms with Gasteiger partial charge in [0.2, 0.25) is 17.6 Å². The van der Waals surface area contributed by atoms with Crippen molar-refractivity contribution in [3.05, 3.63) is 24.2 Å². The summed E-state index contributed by atoms with van der Waals surface area (Å²) in [6.07, 6.45) is 5.53. The molecule has 29 heavy (non-hydrogen) atoms. The van der Waals surface area contributed by atoms with E-state index in [1.165, 1.54) is 19.4 Å². The number of amides is 1. The lowest BCUT2D eigenvalue weighted by Crippen LogP contribution is -2.51. The fraction of sp³-hybridized carbons (Fsp3) is 0.619. The number of carbonyl (C=O) groups excluding carboxylic acids is 1. The maximum atomic E-state index is 13.0. The van der Waals surface area contributed by atoms with E-state index in [0.717, 1.165) is 57.3 Å². The van der Waals surface area contributed by atoms with Crippen LogP contribution in [0.5, 0.6) is 0 Å². The number of anilines is 1. The van der Waals surface area contributed by atoms with Crippen molar-refractivity contribution in [2.75, 3.05) is 50.7 Å². The van der Waals surface area contributed by atoms with Crippen LogP contribution in [0.25, 0.3) is 11.5 Å². The summed E-state index contributed by atoms with van der Waals surface area (Å²) in [4.78, 5) is 28.5. The zero-order valence-corrected chi connectivity index (χ0v) is 17.0. The standard InChI is InChI=1S/C21H28N6O2/c1-15-23-20(24-29-15)19-5-4-18(12-22-19)27-7-6-17(14-27)21(28)26-10-8-25(9-11-26)13-16-2-3-16/h4-5,12,16-17H,2-3,6-11,13-14H2,1H3. The van der Waals surface area contributed by atoms with Gasteiger partial charge in [-0.3, -0.25) is 14.7 Å². The lowest BCUT2D eigenvalue weighted by atomic mass is 10.1. The van der Waals surface area contributed by atoms with Crippen LogP contribution in [0.1, 0.15) is 25.2 Å². The van der Waals surface area contributed by atoms with E-state index in [1.807, 2.05) is 18.3 Å². The van der Waals surface area contributed by atoms with E-state index in [9.17, 15) is 4.79 Å². The van der Waals surface area contributed by atoms with Crippen molar-refractivity contribution in [3.63, 3.8) is 0 Å². The molecule has 3 fully saturated rings. The van der Waals surface area contributed by atoms with E-state index in [4.69, 9.17) is 4.52 Å². The number of hydrogen-bond donors (Lipinski definition) is 0. The van der Waals surface area contributed by atoms with E-state index >= 15 is 0 Å². The molecular formula is C21H28N6O2.